The van der Waals surface area contributed by atoms with Crippen LogP contribution in [-0.2, 0) is 9.59 Å². The van der Waals surface area contributed by atoms with Crippen molar-refractivity contribution >= 4 is 34.5 Å². The molecule has 1 aromatic carbocycles. The van der Waals surface area contributed by atoms with Crippen molar-refractivity contribution in [1.29, 1.82) is 0 Å². The van der Waals surface area contributed by atoms with E-state index in [1.54, 1.807) is 12.1 Å². The zero-order chi connectivity index (χ0) is 22.2. The Hall–Kier alpha value is -2.95. The Labute approximate surface area is 184 Å². The molecule has 1 aliphatic heterocycles. The van der Waals surface area contributed by atoms with E-state index in [0.29, 0.717) is 23.5 Å². The average molecular weight is 447 g/mol. The second-order valence-corrected chi connectivity index (χ2v) is 8.50. The van der Waals surface area contributed by atoms with Crippen molar-refractivity contribution < 1.29 is 19.5 Å². The first-order chi connectivity index (χ1) is 15.0. The molecule has 3 N–H and O–H groups in total. The predicted molar refractivity (Wildman–Crippen MR) is 116 cm³/mol. The molecular formula is C20H26N6O4S. The van der Waals surface area contributed by atoms with E-state index in [0.717, 1.165) is 43.9 Å². The minimum Gasteiger partial charge on any atom is -0.507 e. The molecule has 166 valence electrons. The molecule has 10 nitrogen and oxygen atoms in total. The van der Waals surface area contributed by atoms with E-state index in [1.165, 1.54) is 11.0 Å². The Balaban J connectivity index is 1.43. The lowest BCUT2D eigenvalue weighted by Gasteiger charge is -2.14. The molecule has 0 spiro atoms. The topological polar surface area (TPSA) is 141 Å². The maximum Gasteiger partial charge on any atom is 0.289 e. The fraction of sp³-hybridized carbons (Fsp3) is 0.500. The molecule has 1 fully saturated rings. The number of amides is 3. The summed E-state index contributed by atoms with van der Waals surface area (Å²) < 4.78 is 0. The van der Waals surface area contributed by atoms with Crippen LogP contribution in [-0.4, -0.2) is 59.5 Å². The number of phenolic OH excluding ortho intramolecular Hbond substituents is 1. The number of imide groups is 1. The fourth-order valence-electron chi connectivity index (χ4n) is 3.34. The van der Waals surface area contributed by atoms with Gasteiger partial charge in [-0.1, -0.05) is 44.4 Å². The zero-order valence-electron chi connectivity index (χ0n) is 17.3. The number of nitrogens with one attached hydrogen (secondary N) is 2. The number of carbonyl (C=O) groups is 3. The van der Waals surface area contributed by atoms with Crippen molar-refractivity contribution in [2.24, 2.45) is 0 Å². The maximum atomic E-state index is 12.5. The van der Waals surface area contributed by atoms with Crippen LogP contribution in [0.25, 0.3) is 11.4 Å². The molecule has 31 heavy (non-hydrogen) atoms. The number of H-pyrrole nitrogens is 1. The number of tetrazole rings is 1. The third kappa shape index (κ3) is 6.03. The lowest BCUT2D eigenvalue weighted by atomic mass is 10.1. The third-order valence-corrected chi connectivity index (χ3v) is 6.14. The normalized spacial score (nSPS) is 16.2. The molecule has 0 aliphatic carbocycles. The first-order valence-electron chi connectivity index (χ1n) is 10.4. The van der Waals surface area contributed by atoms with Crippen molar-refractivity contribution in [3.63, 3.8) is 0 Å². The average Bonchev–Trinajstić information content (AvgIpc) is 3.35. The summed E-state index contributed by atoms with van der Waals surface area (Å²) in [4.78, 5) is 38.1. The summed E-state index contributed by atoms with van der Waals surface area (Å²) in [5, 5.41) is 25.5. The Morgan fingerprint density at radius 1 is 1.26 bits per heavy atom. The van der Waals surface area contributed by atoms with Gasteiger partial charge in [-0.05, 0) is 35.4 Å². The van der Waals surface area contributed by atoms with E-state index in [-0.39, 0.29) is 41.0 Å². The Kier molecular flexibility index (Phi) is 7.99. The number of carbonyl (C=O) groups excluding carboxylic acids is 3. The number of hydrogen-bond acceptors (Lipinski definition) is 8. The minimum absolute atomic E-state index is 0.0772. The van der Waals surface area contributed by atoms with Gasteiger partial charge in [0.1, 0.15) is 5.75 Å². The van der Waals surface area contributed by atoms with Crippen molar-refractivity contribution in [3.05, 3.63) is 18.2 Å². The van der Waals surface area contributed by atoms with Gasteiger partial charge in [-0.3, -0.25) is 19.3 Å². The highest BCUT2D eigenvalue weighted by Crippen LogP contribution is 2.31. The van der Waals surface area contributed by atoms with E-state index in [1.807, 2.05) is 0 Å². The summed E-state index contributed by atoms with van der Waals surface area (Å²) in [6.07, 6.45) is 5.52. The molecule has 3 rings (SSSR count). The van der Waals surface area contributed by atoms with E-state index in [2.05, 4.69) is 32.9 Å². The van der Waals surface area contributed by atoms with Gasteiger partial charge >= 0.3 is 0 Å². The van der Waals surface area contributed by atoms with Gasteiger partial charge in [-0.2, -0.15) is 0 Å². The van der Waals surface area contributed by atoms with Crippen LogP contribution in [0.2, 0.25) is 0 Å². The molecule has 2 heterocycles. The number of unbranched alkanes of at least 4 members (excludes halogenated alkanes) is 3. The van der Waals surface area contributed by atoms with Crippen molar-refractivity contribution in [2.75, 3.05) is 11.9 Å². The number of nitrogens with zero attached hydrogens (tertiary/aromatic N) is 4. The van der Waals surface area contributed by atoms with Crippen LogP contribution >= 0.6 is 11.8 Å². The molecule has 0 saturated carbocycles. The lowest BCUT2D eigenvalue weighted by molar-refractivity contribution is -0.127. The van der Waals surface area contributed by atoms with Gasteiger partial charge < -0.3 is 10.4 Å². The van der Waals surface area contributed by atoms with E-state index in [9.17, 15) is 19.5 Å². The summed E-state index contributed by atoms with van der Waals surface area (Å²) in [6.45, 7) is 2.36. The molecule has 0 bridgehead atoms. The van der Waals surface area contributed by atoms with E-state index in [4.69, 9.17) is 0 Å². The standard InChI is InChI=1S/C20H26N6O4S/c1-2-3-4-5-7-16-19(29)26(20(30)31-16)11-6-8-17(28)21-13-9-10-14(15(27)12-13)18-22-24-25-23-18/h9-10,12,16,27H,2-8,11H2,1H3,(H,21,28)(H,22,23,24,25). The van der Waals surface area contributed by atoms with E-state index >= 15 is 0 Å². The molecule has 1 unspecified atom stereocenters. The number of phenols is 1. The molecule has 2 aromatic rings. The van der Waals surface area contributed by atoms with Gasteiger partial charge in [0, 0.05) is 24.7 Å². The van der Waals surface area contributed by atoms with Gasteiger partial charge in [-0.15, -0.1) is 5.10 Å². The highest BCUT2D eigenvalue weighted by atomic mass is 32.2. The van der Waals surface area contributed by atoms with Crippen LogP contribution in [0.5, 0.6) is 5.75 Å². The van der Waals surface area contributed by atoms with Gasteiger partial charge in [0.25, 0.3) is 5.24 Å². The van der Waals surface area contributed by atoms with Crippen molar-refractivity contribution in [3.8, 4) is 17.1 Å². The third-order valence-electron chi connectivity index (χ3n) is 4.99. The number of hydrogen-bond donors (Lipinski definition) is 3. The van der Waals surface area contributed by atoms with Gasteiger partial charge in [0.2, 0.25) is 11.8 Å². The van der Waals surface area contributed by atoms with E-state index < -0.39 is 0 Å². The fourth-order valence-corrected chi connectivity index (χ4v) is 4.41. The molecule has 11 heteroatoms. The minimum atomic E-state index is -0.292. The van der Waals surface area contributed by atoms with Crippen LogP contribution < -0.4 is 5.32 Å². The number of aromatic nitrogens is 4. The van der Waals surface area contributed by atoms with Crippen LogP contribution in [0, 0.1) is 0 Å². The van der Waals surface area contributed by atoms with Crippen LogP contribution in [0.15, 0.2) is 18.2 Å². The monoisotopic (exact) mass is 446 g/mol. The number of thioether (sulfide) groups is 1. The first-order valence-corrected chi connectivity index (χ1v) is 11.3. The van der Waals surface area contributed by atoms with Gasteiger partial charge in [-0.25, -0.2) is 5.10 Å². The summed E-state index contributed by atoms with van der Waals surface area (Å²) in [7, 11) is 0. The van der Waals surface area contributed by atoms with Crippen LogP contribution in [0.3, 0.4) is 0 Å². The first kappa shape index (κ1) is 22.7. The Bertz CT molecular complexity index is 920. The Morgan fingerprint density at radius 2 is 2.10 bits per heavy atom. The smallest absolute Gasteiger partial charge is 0.289 e. The number of anilines is 1. The van der Waals surface area contributed by atoms with Crippen LogP contribution in [0.4, 0.5) is 10.5 Å². The summed E-state index contributed by atoms with van der Waals surface area (Å²) in [6, 6.07) is 4.62. The summed E-state index contributed by atoms with van der Waals surface area (Å²) in [5.74, 6) is -0.172. The number of aromatic hydroxyl groups is 1. The number of aromatic amines is 1. The highest BCUT2D eigenvalue weighted by Gasteiger charge is 2.38. The molecule has 1 aromatic heterocycles. The van der Waals surface area contributed by atoms with Crippen molar-refractivity contribution in [2.45, 2.75) is 57.1 Å². The molecule has 1 atom stereocenters. The molecular weight excluding hydrogens is 420 g/mol. The predicted octanol–water partition coefficient (Wildman–Crippen LogP) is 3.33. The SMILES string of the molecule is CCCCCCC1SC(=O)N(CCCC(=O)Nc2ccc(-c3nnn[nH]3)c(O)c2)C1=O. The van der Waals surface area contributed by atoms with Gasteiger partial charge in [0.05, 0.1) is 10.8 Å². The van der Waals surface area contributed by atoms with Crippen molar-refractivity contribution in [1.82, 2.24) is 25.5 Å². The molecule has 1 aliphatic rings. The number of benzene rings is 1. The van der Waals surface area contributed by atoms with Gasteiger partial charge in [0.15, 0.2) is 5.82 Å². The Morgan fingerprint density at radius 3 is 2.81 bits per heavy atom. The second-order valence-electron chi connectivity index (χ2n) is 7.35. The van der Waals surface area contributed by atoms with Crippen LogP contribution in [0.1, 0.15) is 51.9 Å². The molecule has 0 radical (unpaired) electrons. The lowest BCUT2D eigenvalue weighted by Crippen LogP contribution is -2.32. The maximum absolute atomic E-state index is 12.5. The zero-order valence-corrected chi connectivity index (χ0v) is 18.2. The highest BCUT2D eigenvalue weighted by molar-refractivity contribution is 8.15. The molecule has 3 amide bonds. The summed E-state index contributed by atoms with van der Waals surface area (Å²) >= 11 is 1.10. The quantitative estimate of drug-likeness (QED) is 0.446. The number of rotatable bonds is 11. The largest absolute Gasteiger partial charge is 0.507 e. The second kappa shape index (κ2) is 10.9. The molecule has 1 saturated heterocycles. The summed E-state index contributed by atoms with van der Waals surface area (Å²) in [5.41, 5.74) is 0.838.